The topological polar surface area (TPSA) is 89.1 Å². The summed E-state index contributed by atoms with van der Waals surface area (Å²) in [7, 11) is 0. The largest absolute Gasteiger partial charge is 0.418 e. The van der Waals surface area contributed by atoms with E-state index in [-0.39, 0.29) is 6.07 Å². The first kappa shape index (κ1) is 17.9. The van der Waals surface area contributed by atoms with Crippen LogP contribution in [0.25, 0.3) is 11.0 Å². The van der Waals surface area contributed by atoms with Crippen LogP contribution in [-0.4, -0.2) is 21.0 Å². The maximum atomic E-state index is 13.1. The van der Waals surface area contributed by atoms with Gasteiger partial charge in [-0.05, 0) is 19.1 Å². The number of aromatic nitrogens is 2. The maximum absolute atomic E-state index is 13.1. The summed E-state index contributed by atoms with van der Waals surface area (Å²) in [6.07, 6.45) is -11.7. The number of carbonyl (C=O) groups excluding carboxylic acids is 1. The van der Waals surface area contributed by atoms with Gasteiger partial charge in [-0.1, -0.05) is 0 Å². The number of nitrogens with zero attached hydrogens (tertiary/aromatic N) is 2. The van der Waals surface area contributed by atoms with E-state index in [4.69, 9.17) is 5.73 Å². The van der Waals surface area contributed by atoms with Gasteiger partial charge in [-0.2, -0.15) is 26.3 Å². The monoisotopic (exact) mass is 353 g/mol. The van der Waals surface area contributed by atoms with Gasteiger partial charge in [-0.25, -0.2) is 9.97 Å². The van der Waals surface area contributed by atoms with Crippen molar-refractivity contribution in [1.29, 1.82) is 0 Å². The molecule has 1 aromatic carbocycles. The Labute approximate surface area is 130 Å². The highest BCUT2D eigenvalue weighted by molar-refractivity contribution is 5.94. The molecule has 1 heterocycles. The van der Waals surface area contributed by atoms with Gasteiger partial charge in [0.2, 0.25) is 0 Å². The van der Waals surface area contributed by atoms with Crippen LogP contribution in [0.2, 0.25) is 0 Å². The number of primary amides is 1. The van der Waals surface area contributed by atoms with Crippen LogP contribution in [0.15, 0.2) is 12.1 Å². The van der Waals surface area contributed by atoms with Gasteiger partial charge >= 0.3 is 12.4 Å². The molecule has 11 heteroatoms. The van der Waals surface area contributed by atoms with Crippen molar-refractivity contribution in [1.82, 2.24) is 9.97 Å². The molecular weight excluding hydrogens is 344 g/mol. The molecular formula is C13H9F6N3O2. The second kappa shape index (κ2) is 5.58. The fraction of sp³-hybridized carbons (Fsp3) is 0.308. The molecule has 1 atom stereocenters. The van der Waals surface area contributed by atoms with Gasteiger partial charge in [0.25, 0.3) is 5.91 Å². The molecule has 0 saturated heterocycles. The molecule has 1 unspecified atom stereocenters. The van der Waals surface area contributed by atoms with E-state index >= 15 is 0 Å². The highest BCUT2D eigenvalue weighted by Gasteiger charge is 2.39. The average molecular weight is 353 g/mol. The lowest BCUT2D eigenvalue weighted by atomic mass is 10.1. The quantitative estimate of drug-likeness (QED) is 0.813. The summed E-state index contributed by atoms with van der Waals surface area (Å²) in [6, 6.07) is 0.225. The number of alkyl halides is 6. The number of amides is 1. The van der Waals surface area contributed by atoms with E-state index in [2.05, 4.69) is 9.97 Å². The highest BCUT2D eigenvalue weighted by atomic mass is 19.4. The van der Waals surface area contributed by atoms with E-state index in [0.717, 1.165) is 6.92 Å². The predicted octanol–water partition coefficient (Wildman–Crippen LogP) is 2.82. The number of hydrogen-bond acceptors (Lipinski definition) is 4. The SMILES string of the molecule is CC(O)c1nc2c(C(F)(F)F)cc(C(F)(F)F)cc2nc1C(N)=O. The minimum atomic E-state index is -5.15. The summed E-state index contributed by atoms with van der Waals surface area (Å²) in [5.41, 5.74) is -1.28. The van der Waals surface area contributed by atoms with Crippen molar-refractivity contribution in [3.05, 3.63) is 34.6 Å². The smallest absolute Gasteiger partial charge is 0.387 e. The number of aliphatic hydroxyl groups excluding tert-OH is 1. The van der Waals surface area contributed by atoms with E-state index in [0.29, 0.717) is 6.07 Å². The summed E-state index contributed by atoms with van der Waals surface area (Å²) in [6.45, 7) is 1.10. The van der Waals surface area contributed by atoms with Crippen molar-refractivity contribution in [2.45, 2.75) is 25.4 Å². The number of halogens is 6. The number of aliphatic hydroxyl groups is 1. The first-order chi connectivity index (χ1) is 10.8. The van der Waals surface area contributed by atoms with Crippen molar-refractivity contribution in [2.75, 3.05) is 0 Å². The third kappa shape index (κ3) is 3.25. The zero-order valence-electron chi connectivity index (χ0n) is 11.8. The van der Waals surface area contributed by atoms with Gasteiger partial charge in [0.1, 0.15) is 11.2 Å². The Morgan fingerprint density at radius 3 is 2.12 bits per heavy atom. The van der Waals surface area contributed by atoms with Gasteiger partial charge < -0.3 is 10.8 Å². The summed E-state index contributed by atoms with van der Waals surface area (Å²) in [5, 5.41) is 9.52. The average Bonchev–Trinajstić information content (AvgIpc) is 2.42. The molecule has 1 aromatic heterocycles. The fourth-order valence-electron chi connectivity index (χ4n) is 2.03. The first-order valence-corrected chi connectivity index (χ1v) is 6.30. The van der Waals surface area contributed by atoms with Crippen molar-refractivity contribution >= 4 is 16.9 Å². The number of fused-ring (bicyclic) bond motifs is 1. The van der Waals surface area contributed by atoms with Crippen molar-refractivity contribution < 1.29 is 36.2 Å². The summed E-state index contributed by atoms with van der Waals surface area (Å²) in [5.74, 6) is -1.24. The summed E-state index contributed by atoms with van der Waals surface area (Å²) < 4.78 is 77.7. The molecule has 0 aliphatic heterocycles. The molecule has 5 nitrogen and oxygen atoms in total. The lowest BCUT2D eigenvalue weighted by Crippen LogP contribution is -2.20. The molecule has 0 saturated carbocycles. The number of carbonyl (C=O) groups is 1. The van der Waals surface area contributed by atoms with Crippen LogP contribution >= 0.6 is 0 Å². The van der Waals surface area contributed by atoms with Crippen molar-refractivity contribution in [3.8, 4) is 0 Å². The molecule has 2 rings (SSSR count). The molecule has 1 amide bonds. The van der Waals surface area contributed by atoms with Crippen molar-refractivity contribution in [3.63, 3.8) is 0 Å². The van der Waals surface area contributed by atoms with E-state index in [1.165, 1.54) is 0 Å². The minimum Gasteiger partial charge on any atom is -0.387 e. The lowest BCUT2D eigenvalue weighted by molar-refractivity contribution is -0.142. The summed E-state index contributed by atoms with van der Waals surface area (Å²) >= 11 is 0. The Balaban J connectivity index is 2.96. The highest BCUT2D eigenvalue weighted by Crippen LogP contribution is 2.39. The predicted molar refractivity (Wildman–Crippen MR) is 68.7 cm³/mol. The van der Waals surface area contributed by atoms with E-state index in [1.807, 2.05) is 0 Å². The molecule has 2 aromatic rings. The van der Waals surface area contributed by atoms with Crippen LogP contribution in [0.3, 0.4) is 0 Å². The van der Waals surface area contributed by atoms with Gasteiger partial charge in [-0.15, -0.1) is 0 Å². The molecule has 130 valence electrons. The van der Waals surface area contributed by atoms with Crippen molar-refractivity contribution in [2.24, 2.45) is 5.73 Å². The van der Waals surface area contributed by atoms with E-state index in [1.54, 1.807) is 0 Å². The Kier molecular flexibility index (Phi) is 4.17. The minimum absolute atomic E-state index is 0.104. The Morgan fingerprint density at radius 1 is 1.12 bits per heavy atom. The van der Waals surface area contributed by atoms with E-state index < -0.39 is 57.9 Å². The number of rotatable bonds is 2. The Morgan fingerprint density at radius 2 is 1.71 bits per heavy atom. The first-order valence-electron chi connectivity index (χ1n) is 6.30. The second-order valence-corrected chi connectivity index (χ2v) is 4.88. The van der Waals surface area contributed by atoms with Gasteiger partial charge in [0, 0.05) is 0 Å². The van der Waals surface area contributed by atoms with Crippen LogP contribution in [-0.2, 0) is 12.4 Å². The Bertz CT molecular complexity index is 814. The second-order valence-electron chi connectivity index (χ2n) is 4.88. The zero-order chi connectivity index (χ0) is 18.4. The van der Waals surface area contributed by atoms with Gasteiger partial charge in [-0.3, -0.25) is 4.79 Å². The normalized spacial score (nSPS) is 14.0. The third-order valence-electron chi connectivity index (χ3n) is 3.06. The Hall–Kier alpha value is -2.43. The van der Waals surface area contributed by atoms with Crippen LogP contribution < -0.4 is 5.73 Å². The van der Waals surface area contributed by atoms with E-state index in [9.17, 15) is 36.2 Å². The number of hydrogen-bond donors (Lipinski definition) is 2. The van der Waals surface area contributed by atoms with Crippen LogP contribution in [0.1, 0.15) is 40.3 Å². The van der Waals surface area contributed by atoms with Gasteiger partial charge in [0.15, 0.2) is 5.69 Å². The molecule has 3 N–H and O–H groups in total. The molecule has 0 bridgehead atoms. The van der Waals surface area contributed by atoms with Crippen LogP contribution in [0.5, 0.6) is 0 Å². The molecule has 0 aliphatic carbocycles. The molecule has 0 spiro atoms. The molecule has 0 radical (unpaired) electrons. The number of benzene rings is 1. The zero-order valence-corrected chi connectivity index (χ0v) is 11.8. The van der Waals surface area contributed by atoms with Gasteiger partial charge in [0.05, 0.1) is 22.7 Å². The van der Waals surface area contributed by atoms with Crippen LogP contribution in [0.4, 0.5) is 26.3 Å². The fourth-order valence-corrected chi connectivity index (χ4v) is 2.03. The third-order valence-corrected chi connectivity index (χ3v) is 3.06. The summed E-state index contributed by atoms with van der Waals surface area (Å²) in [4.78, 5) is 18.2. The molecule has 24 heavy (non-hydrogen) atoms. The standard InChI is InChI=1S/C13H9F6N3O2/c1-4(23)8-10(11(20)24)21-7-3-5(12(14,15)16)2-6(9(7)22-8)13(17,18)19/h2-4,23H,1H3,(H2,20,24). The molecule has 0 aliphatic rings. The molecule has 0 fully saturated rings. The maximum Gasteiger partial charge on any atom is 0.418 e. The lowest BCUT2D eigenvalue weighted by Gasteiger charge is -2.16. The number of nitrogens with two attached hydrogens (primary N) is 1. The van der Waals surface area contributed by atoms with Crippen LogP contribution in [0, 0.1) is 0 Å².